The third kappa shape index (κ3) is 6.73. The van der Waals surface area contributed by atoms with Gasteiger partial charge in [0.25, 0.3) is 0 Å². The number of hydrogen-bond donors (Lipinski definition) is 2. The number of guanidine groups is 1. The molecule has 1 aliphatic heterocycles. The monoisotopic (exact) mass is 440 g/mol. The minimum absolute atomic E-state index is 0.211. The highest BCUT2D eigenvalue weighted by Gasteiger charge is 2.24. The summed E-state index contributed by atoms with van der Waals surface area (Å²) in [5.41, 5.74) is 3.40. The molecule has 1 saturated heterocycles. The van der Waals surface area contributed by atoms with Crippen LogP contribution in [0.25, 0.3) is 5.69 Å². The number of rotatable bonds is 8. The predicted molar refractivity (Wildman–Crippen MR) is 127 cm³/mol. The molecule has 8 heteroatoms. The van der Waals surface area contributed by atoms with Crippen molar-refractivity contribution in [2.75, 3.05) is 32.8 Å². The van der Waals surface area contributed by atoms with Crippen molar-refractivity contribution >= 4 is 12.1 Å². The number of hydrogen-bond acceptors (Lipinski definition) is 4. The zero-order chi connectivity index (χ0) is 22.8. The molecule has 2 heterocycles. The minimum atomic E-state index is -0.211. The SMILES string of the molecule is CCNC(=NCCCc1cn(-c2ccccc2)nc1C)NC1CCN(C(=O)OCC)CC1. The molecule has 1 aliphatic rings. The molecule has 0 radical (unpaired) electrons. The fourth-order valence-electron chi connectivity index (χ4n) is 3.85. The normalized spacial score (nSPS) is 15.0. The van der Waals surface area contributed by atoms with E-state index in [0.717, 1.165) is 56.1 Å². The summed E-state index contributed by atoms with van der Waals surface area (Å²) in [6, 6.07) is 10.5. The molecule has 0 atom stereocenters. The van der Waals surface area contributed by atoms with Crippen LogP contribution in [0.4, 0.5) is 4.79 Å². The summed E-state index contributed by atoms with van der Waals surface area (Å²) in [5.74, 6) is 0.846. The van der Waals surface area contributed by atoms with Gasteiger partial charge in [-0.05, 0) is 64.2 Å². The average Bonchev–Trinajstić information content (AvgIpc) is 3.18. The fourth-order valence-corrected chi connectivity index (χ4v) is 3.85. The van der Waals surface area contributed by atoms with E-state index in [-0.39, 0.29) is 6.09 Å². The van der Waals surface area contributed by atoms with E-state index in [1.165, 1.54) is 5.56 Å². The van der Waals surface area contributed by atoms with Crippen molar-refractivity contribution in [1.82, 2.24) is 25.3 Å². The van der Waals surface area contributed by atoms with Crippen molar-refractivity contribution in [2.24, 2.45) is 4.99 Å². The molecule has 0 bridgehead atoms. The first kappa shape index (κ1) is 23.6. The Morgan fingerprint density at radius 2 is 1.97 bits per heavy atom. The Balaban J connectivity index is 1.47. The lowest BCUT2D eigenvalue weighted by molar-refractivity contribution is 0.0963. The van der Waals surface area contributed by atoms with Crippen LogP contribution in [0.2, 0.25) is 0 Å². The Morgan fingerprint density at radius 3 is 2.66 bits per heavy atom. The number of ether oxygens (including phenoxy) is 1. The number of amides is 1. The van der Waals surface area contributed by atoms with Crippen LogP contribution in [-0.2, 0) is 11.2 Å². The summed E-state index contributed by atoms with van der Waals surface area (Å²) in [5, 5.41) is 11.5. The largest absolute Gasteiger partial charge is 0.450 e. The predicted octanol–water partition coefficient (Wildman–Crippen LogP) is 3.29. The molecule has 1 fully saturated rings. The molecule has 1 aromatic heterocycles. The van der Waals surface area contributed by atoms with Crippen LogP contribution in [0.1, 0.15) is 44.4 Å². The molecule has 174 valence electrons. The fraction of sp³-hybridized carbons (Fsp3) is 0.542. The molecular formula is C24H36N6O2. The van der Waals surface area contributed by atoms with Crippen LogP contribution in [-0.4, -0.2) is 65.6 Å². The third-order valence-corrected chi connectivity index (χ3v) is 5.60. The lowest BCUT2D eigenvalue weighted by Gasteiger charge is -2.32. The lowest BCUT2D eigenvalue weighted by Crippen LogP contribution is -2.49. The first-order valence-corrected chi connectivity index (χ1v) is 11.7. The average molecular weight is 441 g/mol. The van der Waals surface area contributed by atoms with Gasteiger partial charge in [0.2, 0.25) is 0 Å². The molecule has 2 aromatic rings. The van der Waals surface area contributed by atoms with Gasteiger partial charge in [0.15, 0.2) is 5.96 Å². The van der Waals surface area contributed by atoms with Gasteiger partial charge in [-0.15, -0.1) is 0 Å². The van der Waals surface area contributed by atoms with Crippen LogP contribution in [0, 0.1) is 6.92 Å². The minimum Gasteiger partial charge on any atom is -0.450 e. The molecule has 1 amide bonds. The number of nitrogens with one attached hydrogen (secondary N) is 2. The van der Waals surface area contributed by atoms with E-state index in [2.05, 4.69) is 47.9 Å². The van der Waals surface area contributed by atoms with E-state index in [1.54, 1.807) is 4.90 Å². The third-order valence-electron chi connectivity index (χ3n) is 5.60. The van der Waals surface area contributed by atoms with Crippen LogP contribution >= 0.6 is 0 Å². The summed E-state index contributed by atoms with van der Waals surface area (Å²) in [4.78, 5) is 18.4. The van der Waals surface area contributed by atoms with Crippen molar-refractivity contribution in [2.45, 2.75) is 52.5 Å². The Bertz CT molecular complexity index is 872. The number of benzene rings is 1. The van der Waals surface area contributed by atoms with Gasteiger partial charge < -0.3 is 20.3 Å². The Labute approximate surface area is 191 Å². The maximum Gasteiger partial charge on any atom is 0.409 e. The molecule has 0 aliphatic carbocycles. The summed E-state index contributed by atoms with van der Waals surface area (Å²) in [6.07, 6.45) is 5.59. The molecule has 32 heavy (non-hydrogen) atoms. The highest BCUT2D eigenvalue weighted by Crippen LogP contribution is 2.14. The van der Waals surface area contributed by atoms with Crippen molar-refractivity contribution in [3.05, 3.63) is 47.8 Å². The van der Waals surface area contributed by atoms with Crippen LogP contribution < -0.4 is 10.6 Å². The van der Waals surface area contributed by atoms with Gasteiger partial charge in [-0.25, -0.2) is 9.48 Å². The van der Waals surface area contributed by atoms with Gasteiger partial charge in [0, 0.05) is 38.4 Å². The molecule has 0 saturated carbocycles. The van der Waals surface area contributed by atoms with E-state index in [9.17, 15) is 4.79 Å². The highest BCUT2D eigenvalue weighted by molar-refractivity contribution is 5.80. The van der Waals surface area contributed by atoms with E-state index in [1.807, 2.05) is 29.8 Å². The van der Waals surface area contributed by atoms with Crippen LogP contribution in [0.15, 0.2) is 41.5 Å². The number of aryl methyl sites for hydroxylation is 2. The lowest BCUT2D eigenvalue weighted by atomic mass is 10.1. The van der Waals surface area contributed by atoms with Crippen molar-refractivity contribution in [3.8, 4) is 5.69 Å². The van der Waals surface area contributed by atoms with Crippen molar-refractivity contribution < 1.29 is 9.53 Å². The standard InChI is InChI=1S/C24H36N6O2/c1-4-25-23(27-21-13-16-29(17-14-21)24(31)32-5-2)26-15-9-10-20-18-30(28-19(20)3)22-11-7-6-8-12-22/h6-8,11-12,18,21H,4-5,9-10,13-17H2,1-3H3,(H2,25,26,27). The number of aromatic nitrogens is 2. The van der Waals surface area contributed by atoms with Crippen LogP contribution in [0.3, 0.4) is 0 Å². The van der Waals surface area contributed by atoms with Crippen LogP contribution in [0.5, 0.6) is 0 Å². The van der Waals surface area contributed by atoms with E-state index >= 15 is 0 Å². The zero-order valence-corrected chi connectivity index (χ0v) is 19.5. The number of aliphatic imine (C=N–C) groups is 1. The molecule has 1 aromatic carbocycles. The van der Waals surface area contributed by atoms with Gasteiger partial charge >= 0.3 is 6.09 Å². The second kappa shape index (κ2) is 12.1. The van der Waals surface area contributed by atoms with Crippen molar-refractivity contribution in [1.29, 1.82) is 0 Å². The van der Waals surface area contributed by atoms with E-state index in [0.29, 0.717) is 25.7 Å². The van der Waals surface area contributed by atoms with Crippen molar-refractivity contribution in [3.63, 3.8) is 0 Å². The maximum atomic E-state index is 11.9. The number of carbonyl (C=O) groups is 1. The number of piperidine rings is 1. The Kier molecular flexibility index (Phi) is 8.95. The Hall–Kier alpha value is -3.03. The van der Waals surface area contributed by atoms with Gasteiger partial charge in [-0.2, -0.15) is 5.10 Å². The molecular weight excluding hydrogens is 404 g/mol. The number of para-hydroxylation sites is 1. The topological polar surface area (TPSA) is 83.8 Å². The molecule has 8 nitrogen and oxygen atoms in total. The van der Waals surface area contributed by atoms with Gasteiger partial charge in [0.05, 0.1) is 18.0 Å². The van der Waals surface area contributed by atoms with Gasteiger partial charge in [0.1, 0.15) is 0 Å². The number of likely N-dealkylation sites (tertiary alicyclic amines) is 1. The quantitative estimate of drug-likeness (QED) is 0.374. The van der Waals surface area contributed by atoms with E-state index < -0.39 is 0 Å². The number of nitrogens with zero attached hydrogens (tertiary/aromatic N) is 4. The maximum absolute atomic E-state index is 11.9. The second-order valence-corrected chi connectivity index (χ2v) is 7.99. The molecule has 0 spiro atoms. The molecule has 3 rings (SSSR count). The summed E-state index contributed by atoms with van der Waals surface area (Å²) in [7, 11) is 0. The number of carbonyl (C=O) groups excluding carboxylic acids is 1. The first-order valence-electron chi connectivity index (χ1n) is 11.7. The zero-order valence-electron chi connectivity index (χ0n) is 19.5. The smallest absolute Gasteiger partial charge is 0.409 e. The molecule has 2 N–H and O–H groups in total. The van der Waals surface area contributed by atoms with Gasteiger partial charge in [-0.3, -0.25) is 4.99 Å². The first-order chi connectivity index (χ1) is 15.6. The highest BCUT2D eigenvalue weighted by atomic mass is 16.6. The summed E-state index contributed by atoms with van der Waals surface area (Å²) >= 11 is 0. The Morgan fingerprint density at radius 1 is 1.22 bits per heavy atom. The molecule has 0 unspecified atom stereocenters. The second-order valence-electron chi connectivity index (χ2n) is 7.99. The summed E-state index contributed by atoms with van der Waals surface area (Å²) < 4.78 is 7.04. The van der Waals surface area contributed by atoms with E-state index in [4.69, 9.17) is 9.73 Å². The van der Waals surface area contributed by atoms with Gasteiger partial charge in [-0.1, -0.05) is 18.2 Å². The summed E-state index contributed by atoms with van der Waals surface area (Å²) in [6.45, 7) is 9.36.